The Kier molecular flexibility index (Phi) is 5.27. The summed E-state index contributed by atoms with van der Waals surface area (Å²) in [6, 6.07) is 0.175. The third-order valence-corrected chi connectivity index (χ3v) is 3.28. The molecule has 0 radical (unpaired) electrons. The van der Waals surface area contributed by atoms with Gasteiger partial charge in [-0.25, -0.2) is 9.97 Å². The van der Waals surface area contributed by atoms with E-state index in [0.717, 1.165) is 6.42 Å². The molecular formula is C14H24N4O. The number of anilines is 1. The van der Waals surface area contributed by atoms with Crippen molar-refractivity contribution in [2.75, 3.05) is 12.3 Å². The van der Waals surface area contributed by atoms with Crippen molar-refractivity contribution >= 4 is 11.6 Å². The van der Waals surface area contributed by atoms with Gasteiger partial charge in [-0.15, -0.1) is 0 Å². The molecule has 1 amide bonds. The highest BCUT2D eigenvalue weighted by molar-refractivity contribution is 5.97. The average Bonchev–Trinajstić information content (AvgIpc) is 2.39. The van der Waals surface area contributed by atoms with Gasteiger partial charge in [-0.05, 0) is 20.3 Å². The van der Waals surface area contributed by atoms with Gasteiger partial charge in [0.2, 0.25) is 0 Å². The van der Waals surface area contributed by atoms with Crippen molar-refractivity contribution in [1.29, 1.82) is 0 Å². The molecule has 1 unspecified atom stereocenters. The second-order valence-corrected chi connectivity index (χ2v) is 5.04. The number of hydrogen-bond donors (Lipinski definition) is 1. The number of carbonyl (C=O) groups excluding carboxylic acids is 1. The van der Waals surface area contributed by atoms with Crippen LogP contribution in [0.4, 0.5) is 5.69 Å². The Hall–Kier alpha value is -1.65. The number of carbonyl (C=O) groups is 1. The van der Waals surface area contributed by atoms with E-state index in [1.807, 2.05) is 27.7 Å². The van der Waals surface area contributed by atoms with Gasteiger partial charge in [-0.2, -0.15) is 0 Å². The van der Waals surface area contributed by atoms with E-state index < -0.39 is 0 Å². The highest BCUT2D eigenvalue weighted by Gasteiger charge is 2.23. The molecule has 0 aliphatic carbocycles. The molecule has 1 heterocycles. The van der Waals surface area contributed by atoms with Gasteiger partial charge >= 0.3 is 0 Å². The number of nitrogens with zero attached hydrogens (tertiary/aromatic N) is 3. The number of hydrogen-bond acceptors (Lipinski definition) is 4. The van der Waals surface area contributed by atoms with E-state index >= 15 is 0 Å². The molecule has 0 spiro atoms. The third-order valence-electron chi connectivity index (χ3n) is 3.28. The topological polar surface area (TPSA) is 72.1 Å². The number of rotatable bonds is 5. The maximum atomic E-state index is 12.5. The van der Waals surface area contributed by atoms with Crippen LogP contribution in [0.1, 0.15) is 63.3 Å². The van der Waals surface area contributed by atoms with Crippen LogP contribution in [-0.4, -0.2) is 33.4 Å². The van der Waals surface area contributed by atoms with Crippen LogP contribution in [-0.2, 0) is 0 Å². The van der Waals surface area contributed by atoms with Crippen LogP contribution >= 0.6 is 0 Å². The molecule has 1 rings (SSSR count). The van der Waals surface area contributed by atoms with E-state index in [0.29, 0.717) is 23.8 Å². The summed E-state index contributed by atoms with van der Waals surface area (Å²) in [7, 11) is 0. The van der Waals surface area contributed by atoms with Gasteiger partial charge in [0.05, 0.1) is 11.9 Å². The molecule has 1 atom stereocenters. The van der Waals surface area contributed by atoms with E-state index in [1.54, 1.807) is 4.90 Å². The molecule has 0 saturated carbocycles. The normalized spacial score (nSPS) is 12.5. The Labute approximate surface area is 115 Å². The summed E-state index contributed by atoms with van der Waals surface area (Å²) in [5.74, 6) is 0.710. The van der Waals surface area contributed by atoms with Crippen LogP contribution in [0, 0.1) is 0 Å². The number of amides is 1. The molecule has 106 valence electrons. The van der Waals surface area contributed by atoms with Crippen molar-refractivity contribution < 1.29 is 4.79 Å². The van der Waals surface area contributed by atoms with Crippen LogP contribution in [0.3, 0.4) is 0 Å². The van der Waals surface area contributed by atoms with E-state index in [2.05, 4.69) is 16.9 Å². The van der Waals surface area contributed by atoms with E-state index in [9.17, 15) is 4.79 Å². The minimum Gasteiger partial charge on any atom is -0.396 e. The number of nitrogens with two attached hydrogens (primary N) is 1. The monoisotopic (exact) mass is 264 g/mol. The van der Waals surface area contributed by atoms with Crippen LogP contribution < -0.4 is 5.73 Å². The molecular weight excluding hydrogens is 240 g/mol. The maximum absolute atomic E-state index is 12.5. The molecule has 1 aromatic rings. The lowest BCUT2D eigenvalue weighted by Gasteiger charge is -2.27. The zero-order valence-corrected chi connectivity index (χ0v) is 12.5. The summed E-state index contributed by atoms with van der Waals surface area (Å²) in [4.78, 5) is 22.8. The predicted octanol–water partition coefficient (Wildman–Crippen LogP) is 2.44. The van der Waals surface area contributed by atoms with Crippen molar-refractivity contribution in [3.63, 3.8) is 0 Å². The fourth-order valence-electron chi connectivity index (χ4n) is 1.87. The molecule has 0 aliphatic rings. The molecule has 0 saturated heterocycles. The number of nitrogen functional groups attached to an aromatic ring is 1. The fourth-order valence-corrected chi connectivity index (χ4v) is 1.87. The largest absolute Gasteiger partial charge is 0.396 e. The fraction of sp³-hybridized carbons (Fsp3) is 0.643. The molecule has 0 aromatic carbocycles. The van der Waals surface area contributed by atoms with Crippen molar-refractivity contribution in [2.45, 2.75) is 53.0 Å². The zero-order chi connectivity index (χ0) is 14.6. The summed E-state index contributed by atoms with van der Waals surface area (Å²) < 4.78 is 0. The summed E-state index contributed by atoms with van der Waals surface area (Å²) in [6.07, 6.45) is 2.43. The van der Waals surface area contributed by atoms with Crippen LogP contribution in [0.15, 0.2) is 6.20 Å². The Balaban J connectivity index is 3.13. The lowest BCUT2D eigenvalue weighted by molar-refractivity contribution is 0.0694. The van der Waals surface area contributed by atoms with Gasteiger partial charge in [0.25, 0.3) is 5.91 Å². The van der Waals surface area contributed by atoms with Gasteiger partial charge in [-0.1, -0.05) is 20.8 Å². The molecule has 2 N–H and O–H groups in total. The highest BCUT2D eigenvalue weighted by atomic mass is 16.2. The predicted molar refractivity (Wildman–Crippen MR) is 77.0 cm³/mol. The van der Waals surface area contributed by atoms with Gasteiger partial charge in [-0.3, -0.25) is 4.79 Å². The molecule has 5 nitrogen and oxygen atoms in total. The first-order chi connectivity index (χ1) is 8.92. The summed E-state index contributed by atoms with van der Waals surface area (Å²) in [5, 5.41) is 0. The standard InChI is InChI=1S/C14H24N4O/c1-6-10(5)18(7-2)14(19)12-11(15)8-16-13(17-12)9(3)4/h8-10H,6-7,15H2,1-5H3. The Morgan fingerprint density at radius 3 is 2.47 bits per heavy atom. The second kappa shape index (κ2) is 6.50. The average molecular weight is 264 g/mol. The maximum Gasteiger partial charge on any atom is 0.274 e. The molecule has 19 heavy (non-hydrogen) atoms. The Morgan fingerprint density at radius 1 is 1.37 bits per heavy atom. The SMILES string of the molecule is CCC(C)N(CC)C(=O)c1nc(C(C)C)ncc1N. The third kappa shape index (κ3) is 3.43. The van der Waals surface area contributed by atoms with Crippen LogP contribution in [0.2, 0.25) is 0 Å². The van der Waals surface area contributed by atoms with Crippen molar-refractivity contribution in [2.24, 2.45) is 0 Å². The molecule has 1 aromatic heterocycles. The van der Waals surface area contributed by atoms with E-state index in [1.165, 1.54) is 6.20 Å². The van der Waals surface area contributed by atoms with E-state index in [-0.39, 0.29) is 17.9 Å². The first-order valence-corrected chi connectivity index (χ1v) is 6.85. The number of aromatic nitrogens is 2. The molecule has 0 bridgehead atoms. The van der Waals surface area contributed by atoms with Crippen LogP contribution in [0.5, 0.6) is 0 Å². The molecule has 0 fully saturated rings. The van der Waals surface area contributed by atoms with Crippen molar-refractivity contribution in [3.8, 4) is 0 Å². The zero-order valence-electron chi connectivity index (χ0n) is 12.5. The second-order valence-electron chi connectivity index (χ2n) is 5.04. The minimum absolute atomic E-state index is 0.112. The minimum atomic E-state index is -0.112. The summed E-state index contributed by atoms with van der Waals surface area (Å²) >= 11 is 0. The Morgan fingerprint density at radius 2 is 2.00 bits per heavy atom. The van der Waals surface area contributed by atoms with E-state index in [4.69, 9.17) is 5.73 Å². The van der Waals surface area contributed by atoms with Crippen LogP contribution in [0.25, 0.3) is 0 Å². The first-order valence-electron chi connectivity index (χ1n) is 6.85. The Bertz CT molecular complexity index is 445. The van der Waals surface area contributed by atoms with Gasteiger partial charge in [0.1, 0.15) is 5.82 Å². The van der Waals surface area contributed by atoms with Crippen molar-refractivity contribution in [1.82, 2.24) is 14.9 Å². The van der Waals surface area contributed by atoms with Gasteiger partial charge in [0, 0.05) is 18.5 Å². The smallest absolute Gasteiger partial charge is 0.274 e. The highest BCUT2D eigenvalue weighted by Crippen LogP contribution is 2.17. The van der Waals surface area contributed by atoms with Gasteiger partial charge < -0.3 is 10.6 Å². The lowest BCUT2D eigenvalue weighted by atomic mass is 10.1. The quantitative estimate of drug-likeness (QED) is 0.886. The molecule has 0 aliphatic heterocycles. The van der Waals surface area contributed by atoms with Gasteiger partial charge in [0.15, 0.2) is 5.69 Å². The first kappa shape index (κ1) is 15.4. The lowest BCUT2D eigenvalue weighted by Crippen LogP contribution is -2.39. The summed E-state index contributed by atoms with van der Waals surface area (Å²) in [6.45, 7) is 10.7. The summed E-state index contributed by atoms with van der Waals surface area (Å²) in [5.41, 5.74) is 6.52. The molecule has 5 heteroatoms. The van der Waals surface area contributed by atoms with Crippen molar-refractivity contribution in [3.05, 3.63) is 17.7 Å².